The first-order valence-corrected chi connectivity index (χ1v) is 5.69. The Balaban J connectivity index is 2.41. The summed E-state index contributed by atoms with van der Waals surface area (Å²) in [5, 5.41) is 4.46. The van der Waals surface area contributed by atoms with Crippen LogP contribution in [0.2, 0.25) is 10.0 Å². The minimum absolute atomic E-state index is 0.592. The van der Waals surface area contributed by atoms with E-state index in [1.165, 1.54) is 0 Å². The molecule has 0 aliphatic rings. The highest BCUT2D eigenvalue weighted by atomic mass is 35.5. The predicted molar refractivity (Wildman–Crippen MR) is 68.1 cm³/mol. The summed E-state index contributed by atoms with van der Waals surface area (Å²) in [6.45, 7) is 1.96. The van der Waals surface area contributed by atoms with Crippen molar-refractivity contribution in [2.45, 2.75) is 6.42 Å². The fourth-order valence-electron chi connectivity index (χ4n) is 1.26. The molecule has 0 fully saturated rings. The van der Waals surface area contributed by atoms with Crippen molar-refractivity contribution < 1.29 is 0 Å². The molecule has 15 heavy (non-hydrogen) atoms. The van der Waals surface area contributed by atoms with E-state index in [0.29, 0.717) is 10.0 Å². The summed E-state index contributed by atoms with van der Waals surface area (Å²) in [5.41, 5.74) is 0.905. The molecule has 1 aromatic rings. The second-order valence-electron chi connectivity index (χ2n) is 3.68. The highest BCUT2D eigenvalue weighted by Crippen LogP contribution is 2.29. The Morgan fingerprint density at radius 1 is 1.27 bits per heavy atom. The number of benzene rings is 1. The van der Waals surface area contributed by atoms with Crippen LogP contribution in [0, 0.1) is 0 Å². The largest absolute Gasteiger partial charge is 0.384 e. The van der Waals surface area contributed by atoms with E-state index in [1.807, 2.05) is 12.1 Å². The van der Waals surface area contributed by atoms with Gasteiger partial charge in [-0.25, -0.2) is 0 Å². The zero-order valence-electron chi connectivity index (χ0n) is 9.06. The maximum Gasteiger partial charge on any atom is 0.0823 e. The molecule has 2 nitrogen and oxygen atoms in total. The average molecular weight is 247 g/mol. The van der Waals surface area contributed by atoms with E-state index in [2.05, 4.69) is 24.3 Å². The first-order valence-electron chi connectivity index (χ1n) is 4.94. The normalized spacial score (nSPS) is 10.7. The Labute approximate surface area is 101 Å². The fraction of sp³-hybridized carbons (Fsp3) is 0.455. The first kappa shape index (κ1) is 12.6. The summed E-state index contributed by atoms with van der Waals surface area (Å²) in [6.07, 6.45) is 1.08. The van der Waals surface area contributed by atoms with Crippen molar-refractivity contribution >= 4 is 28.9 Å². The Morgan fingerprint density at radius 2 is 2.00 bits per heavy atom. The van der Waals surface area contributed by atoms with E-state index < -0.39 is 0 Å². The molecule has 1 aromatic carbocycles. The van der Waals surface area contributed by atoms with Gasteiger partial charge in [0.2, 0.25) is 0 Å². The van der Waals surface area contributed by atoms with Crippen LogP contribution in [-0.2, 0) is 0 Å². The van der Waals surface area contributed by atoms with E-state index >= 15 is 0 Å². The van der Waals surface area contributed by atoms with Crippen molar-refractivity contribution in [3.05, 3.63) is 28.2 Å². The number of rotatable bonds is 5. The number of nitrogens with one attached hydrogen (secondary N) is 1. The molecule has 0 saturated heterocycles. The molecule has 84 valence electrons. The first-order chi connectivity index (χ1) is 7.11. The van der Waals surface area contributed by atoms with Crippen LogP contribution in [0.4, 0.5) is 5.69 Å². The van der Waals surface area contributed by atoms with Gasteiger partial charge in [-0.1, -0.05) is 29.3 Å². The molecule has 0 heterocycles. The van der Waals surface area contributed by atoms with Gasteiger partial charge in [-0.15, -0.1) is 0 Å². The van der Waals surface area contributed by atoms with Crippen LogP contribution in [0.5, 0.6) is 0 Å². The van der Waals surface area contributed by atoms with Gasteiger partial charge in [0, 0.05) is 6.54 Å². The van der Waals surface area contributed by atoms with E-state index in [9.17, 15) is 0 Å². The monoisotopic (exact) mass is 246 g/mol. The standard InChI is InChI=1S/C11H16Cl2N2/c1-15(2)8-4-7-14-10-6-3-5-9(12)11(10)13/h3,5-6,14H,4,7-8H2,1-2H3. The number of hydrogen-bond donors (Lipinski definition) is 1. The molecule has 4 heteroatoms. The molecular weight excluding hydrogens is 231 g/mol. The van der Waals surface area contributed by atoms with Crippen LogP contribution in [0.3, 0.4) is 0 Å². The molecule has 0 aliphatic heterocycles. The van der Waals surface area contributed by atoms with Gasteiger partial charge in [0.1, 0.15) is 0 Å². The maximum atomic E-state index is 6.03. The summed E-state index contributed by atoms with van der Waals surface area (Å²) in [5.74, 6) is 0. The molecule has 0 amide bonds. The van der Waals surface area contributed by atoms with Gasteiger partial charge in [-0.3, -0.25) is 0 Å². The van der Waals surface area contributed by atoms with Crippen molar-refractivity contribution in [1.82, 2.24) is 4.90 Å². The second kappa shape index (κ2) is 6.21. The summed E-state index contributed by atoms with van der Waals surface area (Å²) in [4.78, 5) is 2.15. The molecule has 1 N–H and O–H groups in total. The van der Waals surface area contributed by atoms with Crippen LogP contribution in [0.1, 0.15) is 6.42 Å². The fourth-order valence-corrected chi connectivity index (χ4v) is 1.63. The third-order valence-electron chi connectivity index (χ3n) is 2.05. The van der Waals surface area contributed by atoms with E-state index in [1.54, 1.807) is 6.07 Å². The Morgan fingerprint density at radius 3 is 2.67 bits per heavy atom. The third-order valence-corrected chi connectivity index (χ3v) is 2.87. The summed E-state index contributed by atoms with van der Waals surface area (Å²) in [6, 6.07) is 5.61. The van der Waals surface area contributed by atoms with Gasteiger partial charge >= 0.3 is 0 Å². The molecule has 1 rings (SSSR count). The van der Waals surface area contributed by atoms with Crippen molar-refractivity contribution in [2.75, 3.05) is 32.5 Å². The number of hydrogen-bond acceptors (Lipinski definition) is 2. The summed E-state index contributed by atoms with van der Waals surface area (Å²) < 4.78 is 0. The zero-order valence-corrected chi connectivity index (χ0v) is 10.6. The Kier molecular flexibility index (Phi) is 5.23. The van der Waals surface area contributed by atoms with Crippen molar-refractivity contribution in [1.29, 1.82) is 0 Å². The van der Waals surface area contributed by atoms with Crippen LogP contribution in [0.25, 0.3) is 0 Å². The minimum atomic E-state index is 0.592. The topological polar surface area (TPSA) is 15.3 Å². The Hall–Kier alpha value is -0.440. The van der Waals surface area contributed by atoms with Crippen molar-refractivity contribution in [3.8, 4) is 0 Å². The lowest BCUT2D eigenvalue weighted by atomic mass is 10.3. The minimum Gasteiger partial charge on any atom is -0.384 e. The highest BCUT2D eigenvalue weighted by Gasteiger charge is 2.02. The van der Waals surface area contributed by atoms with Gasteiger partial charge < -0.3 is 10.2 Å². The molecule has 0 bridgehead atoms. The summed E-state index contributed by atoms with van der Waals surface area (Å²) >= 11 is 11.9. The predicted octanol–water partition coefficient (Wildman–Crippen LogP) is 3.36. The second-order valence-corrected chi connectivity index (χ2v) is 4.47. The van der Waals surface area contributed by atoms with Crippen LogP contribution >= 0.6 is 23.2 Å². The van der Waals surface area contributed by atoms with Crippen LogP contribution in [-0.4, -0.2) is 32.1 Å². The van der Waals surface area contributed by atoms with E-state index in [-0.39, 0.29) is 0 Å². The molecule has 0 unspecified atom stereocenters. The molecule has 0 aliphatic carbocycles. The lowest BCUT2D eigenvalue weighted by Crippen LogP contribution is -2.16. The third kappa shape index (κ3) is 4.29. The van der Waals surface area contributed by atoms with Gasteiger partial charge in [0.25, 0.3) is 0 Å². The lowest BCUT2D eigenvalue weighted by Gasteiger charge is -2.11. The SMILES string of the molecule is CN(C)CCCNc1cccc(Cl)c1Cl. The zero-order chi connectivity index (χ0) is 11.3. The maximum absolute atomic E-state index is 6.03. The smallest absolute Gasteiger partial charge is 0.0823 e. The number of nitrogens with zero attached hydrogens (tertiary/aromatic N) is 1. The molecular formula is C11H16Cl2N2. The quantitative estimate of drug-likeness (QED) is 0.802. The van der Waals surface area contributed by atoms with Crippen LogP contribution in [0.15, 0.2) is 18.2 Å². The van der Waals surface area contributed by atoms with Gasteiger partial charge in [0.05, 0.1) is 15.7 Å². The molecule has 0 aromatic heterocycles. The highest BCUT2D eigenvalue weighted by molar-refractivity contribution is 6.43. The van der Waals surface area contributed by atoms with Crippen molar-refractivity contribution in [3.63, 3.8) is 0 Å². The molecule has 0 radical (unpaired) electrons. The van der Waals surface area contributed by atoms with Crippen LogP contribution < -0.4 is 5.32 Å². The van der Waals surface area contributed by atoms with E-state index in [0.717, 1.165) is 25.2 Å². The molecule has 0 saturated carbocycles. The summed E-state index contributed by atoms with van der Waals surface area (Å²) in [7, 11) is 4.12. The number of halogens is 2. The van der Waals surface area contributed by atoms with Gasteiger partial charge in [-0.05, 0) is 39.2 Å². The molecule has 0 atom stereocenters. The number of anilines is 1. The van der Waals surface area contributed by atoms with E-state index in [4.69, 9.17) is 23.2 Å². The lowest BCUT2D eigenvalue weighted by molar-refractivity contribution is 0.405. The van der Waals surface area contributed by atoms with Gasteiger partial charge in [0.15, 0.2) is 0 Å². The van der Waals surface area contributed by atoms with Gasteiger partial charge in [-0.2, -0.15) is 0 Å². The molecule has 0 spiro atoms. The Bertz CT molecular complexity index is 313. The van der Waals surface area contributed by atoms with Crippen molar-refractivity contribution in [2.24, 2.45) is 0 Å². The average Bonchev–Trinajstić information content (AvgIpc) is 2.18.